The molecule has 1 aromatic carbocycles. The number of nitrogen functional groups attached to an aromatic ring is 1. The van der Waals surface area contributed by atoms with E-state index in [1.165, 1.54) is 11.8 Å². The van der Waals surface area contributed by atoms with Crippen molar-refractivity contribution in [1.82, 2.24) is 4.31 Å². The van der Waals surface area contributed by atoms with E-state index < -0.39 is 10.0 Å². The number of para-hydroxylation sites is 1. The molecule has 1 aliphatic heterocycles. The first-order valence-electron chi connectivity index (χ1n) is 6.97. The summed E-state index contributed by atoms with van der Waals surface area (Å²) in [6, 6.07) is 7.70. The molecule has 1 unspecified atom stereocenters. The van der Waals surface area contributed by atoms with Gasteiger partial charge in [-0.2, -0.15) is 4.31 Å². The molecule has 1 aromatic rings. The van der Waals surface area contributed by atoms with Gasteiger partial charge in [0.1, 0.15) is 0 Å². The molecule has 0 bridgehead atoms. The van der Waals surface area contributed by atoms with Crippen LogP contribution in [0.1, 0.15) is 26.2 Å². The topological polar surface area (TPSA) is 63.4 Å². The number of nitrogens with zero attached hydrogens (tertiary/aromatic N) is 1. The summed E-state index contributed by atoms with van der Waals surface area (Å²) >= 11 is 1.51. The number of sulfonamides is 1. The third-order valence-electron chi connectivity index (χ3n) is 3.62. The lowest BCUT2D eigenvalue weighted by Gasteiger charge is -2.32. The Hall–Kier alpha value is -0.720. The fourth-order valence-electron chi connectivity index (χ4n) is 2.47. The molecule has 0 radical (unpaired) electrons. The van der Waals surface area contributed by atoms with Crippen LogP contribution < -0.4 is 5.73 Å². The summed E-state index contributed by atoms with van der Waals surface area (Å²) in [6.07, 6.45) is 3.07. The molecule has 1 atom stereocenters. The van der Waals surface area contributed by atoms with Gasteiger partial charge in [0.25, 0.3) is 0 Å². The highest BCUT2D eigenvalue weighted by atomic mass is 32.2. The zero-order chi connectivity index (χ0) is 14.6. The highest BCUT2D eigenvalue weighted by Gasteiger charge is 2.28. The number of thioether (sulfide) groups is 1. The Kier molecular flexibility index (Phi) is 5.35. The third-order valence-corrected chi connectivity index (χ3v) is 6.94. The Morgan fingerprint density at radius 3 is 2.80 bits per heavy atom. The van der Waals surface area contributed by atoms with Crippen LogP contribution in [-0.2, 0) is 10.0 Å². The minimum absolute atomic E-state index is 0.139. The summed E-state index contributed by atoms with van der Waals surface area (Å²) < 4.78 is 26.4. The minimum Gasteiger partial charge on any atom is -0.398 e. The molecular formula is C14H22N2O2S2. The van der Waals surface area contributed by atoms with Gasteiger partial charge < -0.3 is 5.73 Å². The normalized spacial score (nSPS) is 20.9. The second-order valence-corrected chi connectivity index (χ2v) is 8.34. The number of anilines is 1. The fraction of sp³-hybridized carbons (Fsp3) is 0.571. The Labute approximate surface area is 125 Å². The van der Waals surface area contributed by atoms with E-state index in [0.717, 1.165) is 24.2 Å². The maximum Gasteiger partial charge on any atom is 0.215 e. The SMILES string of the molecule is CC1CCCCN1S(=O)(=O)CCSc1ccccc1N. The third kappa shape index (κ3) is 3.90. The Bertz CT molecular complexity index is 546. The van der Waals surface area contributed by atoms with Crippen LogP contribution in [0.5, 0.6) is 0 Å². The quantitative estimate of drug-likeness (QED) is 0.670. The van der Waals surface area contributed by atoms with E-state index in [1.807, 2.05) is 31.2 Å². The fourth-order valence-corrected chi connectivity index (χ4v) is 5.57. The van der Waals surface area contributed by atoms with Crippen molar-refractivity contribution >= 4 is 27.5 Å². The largest absolute Gasteiger partial charge is 0.398 e. The van der Waals surface area contributed by atoms with E-state index in [0.29, 0.717) is 18.0 Å². The Morgan fingerprint density at radius 2 is 2.10 bits per heavy atom. The molecule has 1 fully saturated rings. The average Bonchev–Trinajstić information content (AvgIpc) is 2.41. The van der Waals surface area contributed by atoms with Crippen LogP contribution in [0, 0.1) is 0 Å². The highest BCUT2D eigenvalue weighted by molar-refractivity contribution is 8.00. The number of benzene rings is 1. The minimum atomic E-state index is -3.14. The molecule has 112 valence electrons. The van der Waals surface area contributed by atoms with E-state index in [-0.39, 0.29) is 11.8 Å². The first-order valence-corrected chi connectivity index (χ1v) is 9.57. The predicted octanol–water partition coefficient (Wildman–Crippen LogP) is 2.57. The molecule has 1 saturated heterocycles. The molecule has 0 aliphatic carbocycles. The number of hydrogen-bond acceptors (Lipinski definition) is 4. The van der Waals surface area contributed by atoms with E-state index in [9.17, 15) is 8.42 Å². The number of hydrogen-bond donors (Lipinski definition) is 1. The van der Waals surface area contributed by atoms with E-state index in [2.05, 4.69) is 0 Å². The smallest absolute Gasteiger partial charge is 0.215 e. The summed E-state index contributed by atoms with van der Waals surface area (Å²) in [5.74, 6) is 0.718. The highest BCUT2D eigenvalue weighted by Crippen LogP contribution is 2.26. The van der Waals surface area contributed by atoms with Crippen LogP contribution in [0.2, 0.25) is 0 Å². The van der Waals surface area contributed by atoms with E-state index in [4.69, 9.17) is 5.73 Å². The zero-order valence-electron chi connectivity index (χ0n) is 11.8. The van der Waals surface area contributed by atoms with Crippen molar-refractivity contribution in [1.29, 1.82) is 0 Å². The van der Waals surface area contributed by atoms with Crippen molar-refractivity contribution in [3.05, 3.63) is 24.3 Å². The molecule has 0 aromatic heterocycles. The molecule has 2 rings (SSSR count). The second-order valence-electron chi connectivity index (χ2n) is 5.16. The maximum atomic E-state index is 12.4. The Balaban J connectivity index is 1.91. The zero-order valence-corrected chi connectivity index (χ0v) is 13.4. The van der Waals surface area contributed by atoms with Crippen molar-refractivity contribution in [3.8, 4) is 0 Å². The van der Waals surface area contributed by atoms with Crippen molar-refractivity contribution in [2.75, 3.05) is 23.8 Å². The molecule has 1 heterocycles. The first-order chi connectivity index (χ1) is 9.50. The molecule has 4 nitrogen and oxygen atoms in total. The van der Waals surface area contributed by atoms with Gasteiger partial charge in [-0.1, -0.05) is 18.6 Å². The summed E-state index contributed by atoms with van der Waals surface area (Å²) in [6.45, 7) is 2.67. The predicted molar refractivity (Wildman–Crippen MR) is 85.4 cm³/mol. The number of rotatable bonds is 5. The van der Waals surface area contributed by atoms with Gasteiger partial charge in [-0.25, -0.2) is 8.42 Å². The van der Waals surface area contributed by atoms with Gasteiger partial charge in [0, 0.05) is 28.9 Å². The molecule has 0 saturated carbocycles. The number of nitrogens with two attached hydrogens (primary N) is 1. The molecule has 6 heteroatoms. The van der Waals surface area contributed by atoms with Gasteiger partial charge >= 0.3 is 0 Å². The monoisotopic (exact) mass is 314 g/mol. The van der Waals surface area contributed by atoms with Crippen LogP contribution in [0.25, 0.3) is 0 Å². The number of piperidine rings is 1. The standard InChI is InChI=1S/C14H22N2O2S2/c1-12-6-4-5-9-16(12)20(17,18)11-10-19-14-8-3-2-7-13(14)15/h2-3,7-8,12H,4-6,9-11,15H2,1H3. The van der Waals surface area contributed by atoms with Crippen molar-refractivity contribution < 1.29 is 8.42 Å². The van der Waals surface area contributed by atoms with Gasteiger partial charge in [0.05, 0.1) is 5.75 Å². The summed E-state index contributed by atoms with van der Waals surface area (Å²) in [5, 5.41) is 0. The molecule has 0 amide bonds. The first kappa shape index (κ1) is 15.7. The molecule has 1 aliphatic rings. The van der Waals surface area contributed by atoms with Crippen molar-refractivity contribution in [3.63, 3.8) is 0 Å². The van der Waals surface area contributed by atoms with Gasteiger partial charge in [0.15, 0.2) is 0 Å². The lowest BCUT2D eigenvalue weighted by atomic mass is 10.1. The lowest BCUT2D eigenvalue weighted by molar-refractivity contribution is 0.269. The Morgan fingerprint density at radius 1 is 1.35 bits per heavy atom. The van der Waals surface area contributed by atoms with Gasteiger partial charge in [-0.05, 0) is 31.9 Å². The van der Waals surface area contributed by atoms with Gasteiger partial charge in [-0.15, -0.1) is 11.8 Å². The van der Waals surface area contributed by atoms with E-state index >= 15 is 0 Å². The van der Waals surface area contributed by atoms with Crippen molar-refractivity contribution in [2.24, 2.45) is 0 Å². The lowest BCUT2D eigenvalue weighted by Crippen LogP contribution is -2.43. The van der Waals surface area contributed by atoms with Crippen LogP contribution in [-0.4, -0.2) is 36.8 Å². The van der Waals surface area contributed by atoms with Crippen LogP contribution in [0.3, 0.4) is 0 Å². The van der Waals surface area contributed by atoms with E-state index in [1.54, 1.807) is 4.31 Å². The van der Waals surface area contributed by atoms with Crippen LogP contribution in [0.4, 0.5) is 5.69 Å². The summed E-state index contributed by atoms with van der Waals surface area (Å²) in [7, 11) is -3.14. The average molecular weight is 314 g/mol. The van der Waals surface area contributed by atoms with Crippen molar-refractivity contribution in [2.45, 2.75) is 37.1 Å². The molecule has 20 heavy (non-hydrogen) atoms. The van der Waals surface area contributed by atoms with Crippen LogP contribution >= 0.6 is 11.8 Å². The second kappa shape index (κ2) is 6.83. The summed E-state index contributed by atoms with van der Waals surface area (Å²) in [4.78, 5) is 0.953. The maximum absolute atomic E-state index is 12.4. The van der Waals surface area contributed by atoms with Crippen LogP contribution in [0.15, 0.2) is 29.2 Å². The summed E-state index contributed by atoms with van der Waals surface area (Å²) in [5.41, 5.74) is 6.56. The molecule has 0 spiro atoms. The molecular weight excluding hydrogens is 292 g/mol. The van der Waals surface area contributed by atoms with Gasteiger partial charge in [0.2, 0.25) is 10.0 Å². The molecule has 2 N–H and O–H groups in total. The van der Waals surface area contributed by atoms with Gasteiger partial charge in [-0.3, -0.25) is 0 Å².